The summed E-state index contributed by atoms with van der Waals surface area (Å²) in [6.07, 6.45) is 0.591. The minimum atomic E-state index is -0.546. The van der Waals surface area contributed by atoms with Crippen LogP contribution in [0.25, 0.3) is 0 Å². The zero-order valence-corrected chi connectivity index (χ0v) is 7.37. The number of ether oxygens (including phenoxy) is 1. The van der Waals surface area contributed by atoms with Crippen molar-refractivity contribution in [1.29, 1.82) is 0 Å². The van der Waals surface area contributed by atoms with E-state index in [4.69, 9.17) is 4.74 Å². The van der Waals surface area contributed by atoms with Crippen LogP contribution in [-0.2, 0) is 14.3 Å². The van der Waals surface area contributed by atoms with Crippen LogP contribution in [0, 0.1) is 5.92 Å². The fourth-order valence-corrected chi connectivity index (χ4v) is 1.28. The van der Waals surface area contributed by atoms with Gasteiger partial charge in [0.05, 0.1) is 6.61 Å². The van der Waals surface area contributed by atoms with E-state index >= 15 is 0 Å². The highest BCUT2D eigenvalue weighted by molar-refractivity contribution is 5.99. The number of carbonyl (C=O) groups excluding carboxylic acids is 2. The molecule has 0 aliphatic carbocycles. The van der Waals surface area contributed by atoms with Crippen LogP contribution < -0.4 is 0 Å². The summed E-state index contributed by atoms with van der Waals surface area (Å²) in [4.78, 5) is 23.9. The van der Waals surface area contributed by atoms with E-state index in [1.54, 1.807) is 18.9 Å². The van der Waals surface area contributed by atoms with E-state index in [-0.39, 0.29) is 11.9 Å². The first-order valence-electron chi connectivity index (χ1n) is 4.08. The van der Waals surface area contributed by atoms with Crippen LogP contribution in [0.3, 0.4) is 0 Å². The van der Waals surface area contributed by atoms with Gasteiger partial charge in [0.1, 0.15) is 5.92 Å². The lowest BCUT2D eigenvalue weighted by atomic mass is 10.1. The fraction of sp³-hybridized carbons (Fsp3) is 0.750. The Kier molecular flexibility index (Phi) is 2.68. The Morgan fingerprint density at radius 2 is 2.42 bits per heavy atom. The number of hydrogen-bond acceptors (Lipinski definition) is 3. The van der Waals surface area contributed by atoms with E-state index in [0.29, 0.717) is 19.6 Å². The van der Waals surface area contributed by atoms with E-state index in [2.05, 4.69) is 0 Å². The number of rotatable bonds is 2. The molecule has 4 nitrogen and oxygen atoms in total. The van der Waals surface area contributed by atoms with Gasteiger partial charge in [0.25, 0.3) is 0 Å². The molecule has 12 heavy (non-hydrogen) atoms. The van der Waals surface area contributed by atoms with Gasteiger partial charge in [0.15, 0.2) is 0 Å². The Labute approximate surface area is 71.5 Å². The Morgan fingerprint density at radius 3 is 2.83 bits per heavy atom. The van der Waals surface area contributed by atoms with E-state index in [1.165, 1.54) is 0 Å². The largest absolute Gasteiger partial charge is 0.465 e. The molecule has 0 N–H and O–H groups in total. The second-order valence-electron chi connectivity index (χ2n) is 2.85. The molecule has 0 bridgehead atoms. The molecule has 0 unspecified atom stereocenters. The summed E-state index contributed by atoms with van der Waals surface area (Å²) >= 11 is 0. The van der Waals surface area contributed by atoms with Crippen molar-refractivity contribution in [3.05, 3.63) is 0 Å². The second-order valence-corrected chi connectivity index (χ2v) is 2.85. The summed E-state index contributed by atoms with van der Waals surface area (Å²) in [6, 6.07) is 0. The highest BCUT2D eigenvalue weighted by Crippen LogP contribution is 2.17. The van der Waals surface area contributed by atoms with Gasteiger partial charge in [-0.3, -0.25) is 9.59 Å². The zero-order valence-electron chi connectivity index (χ0n) is 7.37. The number of amides is 1. The molecular weight excluding hydrogens is 158 g/mol. The summed E-state index contributed by atoms with van der Waals surface area (Å²) in [5.41, 5.74) is 0. The van der Waals surface area contributed by atoms with Crippen molar-refractivity contribution in [3.8, 4) is 0 Å². The summed E-state index contributed by atoms with van der Waals surface area (Å²) in [5, 5.41) is 0. The van der Waals surface area contributed by atoms with Gasteiger partial charge >= 0.3 is 5.97 Å². The van der Waals surface area contributed by atoms with E-state index in [0.717, 1.165) is 0 Å². The smallest absolute Gasteiger partial charge is 0.318 e. The molecule has 1 fully saturated rings. The molecule has 1 aliphatic rings. The summed E-state index contributed by atoms with van der Waals surface area (Å²) < 4.78 is 4.76. The Balaban J connectivity index is 2.53. The predicted octanol–water partition coefficient (Wildman–Crippen LogP) is 0.0278. The molecule has 1 aliphatic heterocycles. The molecule has 0 aromatic rings. The van der Waals surface area contributed by atoms with E-state index < -0.39 is 5.92 Å². The van der Waals surface area contributed by atoms with E-state index in [9.17, 15) is 9.59 Å². The summed E-state index contributed by atoms with van der Waals surface area (Å²) in [7, 11) is 1.70. The summed E-state index contributed by atoms with van der Waals surface area (Å²) in [5.74, 6) is -1.05. The number of hydrogen-bond donors (Lipinski definition) is 0. The zero-order chi connectivity index (χ0) is 9.14. The van der Waals surface area contributed by atoms with Crippen LogP contribution in [0.4, 0.5) is 0 Å². The molecule has 0 aromatic heterocycles. The van der Waals surface area contributed by atoms with Gasteiger partial charge in [-0.2, -0.15) is 0 Å². The molecule has 4 heteroatoms. The van der Waals surface area contributed by atoms with Crippen LogP contribution in [0.2, 0.25) is 0 Å². The van der Waals surface area contributed by atoms with Crippen molar-refractivity contribution >= 4 is 11.9 Å². The molecule has 0 spiro atoms. The monoisotopic (exact) mass is 171 g/mol. The van der Waals surface area contributed by atoms with Crippen LogP contribution in [0.15, 0.2) is 0 Å². The second kappa shape index (κ2) is 3.56. The van der Waals surface area contributed by atoms with Crippen LogP contribution in [0.1, 0.15) is 13.3 Å². The minimum absolute atomic E-state index is 0.117. The Bertz CT molecular complexity index is 202. The maximum Gasteiger partial charge on any atom is 0.318 e. The van der Waals surface area contributed by atoms with Crippen LogP contribution >= 0.6 is 0 Å². The van der Waals surface area contributed by atoms with Gasteiger partial charge in [0.2, 0.25) is 5.91 Å². The number of likely N-dealkylation sites (tertiary alicyclic amines) is 1. The van der Waals surface area contributed by atoms with Crippen molar-refractivity contribution in [3.63, 3.8) is 0 Å². The average molecular weight is 171 g/mol. The SMILES string of the molecule is CCOC(=O)[C@H]1CCN(C)C1=O. The Hall–Kier alpha value is -1.06. The first-order chi connectivity index (χ1) is 5.66. The van der Waals surface area contributed by atoms with Crippen molar-refractivity contribution in [2.45, 2.75) is 13.3 Å². The van der Waals surface area contributed by atoms with E-state index in [1.807, 2.05) is 0 Å². The molecular formula is C8H13NO3. The van der Waals surface area contributed by atoms with Gasteiger partial charge in [-0.1, -0.05) is 0 Å². The molecule has 1 rings (SSSR count). The normalized spacial score (nSPS) is 23.0. The maximum absolute atomic E-state index is 11.2. The maximum atomic E-state index is 11.2. The highest BCUT2D eigenvalue weighted by atomic mass is 16.5. The van der Waals surface area contributed by atoms with Gasteiger partial charge < -0.3 is 9.64 Å². The molecule has 1 amide bonds. The lowest BCUT2D eigenvalue weighted by molar-refractivity contribution is -0.152. The van der Waals surface area contributed by atoms with Gasteiger partial charge in [-0.15, -0.1) is 0 Å². The molecule has 0 radical (unpaired) electrons. The van der Waals surface area contributed by atoms with Crippen molar-refractivity contribution in [2.24, 2.45) is 5.92 Å². The molecule has 1 heterocycles. The molecule has 1 saturated heterocycles. The van der Waals surface area contributed by atoms with Gasteiger partial charge in [-0.25, -0.2) is 0 Å². The molecule has 0 aromatic carbocycles. The standard InChI is InChI=1S/C8H13NO3/c1-3-12-8(11)6-4-5-9(2)7(6)10/h6H,3-5H2,1-2H3/t6-/m0/s1. The first kappa shape index (κ1) is 9.03. The lowest BCUT2D eigenvalue weighted by Gasteiger charge is -2.08. The number of carbonyl (C=O) groups is 2. The number of esters is 1. The predicted molar refractivity (Wildman–Crippen MR) is 42.4 cm³/mol. The lowest BCUT2D eigenvalue weighted by Crippen LogP contribution is -2.28. The quantitative estimate of drug-likeness (QED) is 0.435. The van der Waals surface area contributed by atoms with Gasteiger partial charge in [-0.05, 0) is 13.3 Å². The van der Waals surface area contributed by atoms with Crippen LogP contribution in [0.5, 0.6) is 0 Å². The topological polar surface area (TPSA) is 46.6 Å². The van der Waals surface area contributed by atoms with Crippen molar-refractivity contribution in [1.82, 2.24) is 4.90 Å². The molecule has 1 atom stereocenters. The third kappa shape index (κ3) is 1.57. The first-order valence-corrected chi connectivity index (χ1v) is 4.08. The summed E-state index contributed by atoms with van der Waals surface area (Å²) in [6.45, 7) is 2.73. The fourth-order valence-electron chi connectivity index (χ4n) is 1.28. The third-order valence-electron chi connectivity index (χ3n) is 2.00. The van der Waals surface area contributed by atoms with Crippen molar-refractivity contribution in [2.75, 3.05) is 20.2 Å². The molecule has 68 valence electrons. The third-order valence-corrected chi connectivity index (χ3v) is 2.00. The molecule has 0 saturated carbocycles. The van der Waals surface area contributed by atoms with Crippen LogP contribution in [-0.4, -0.2) is 37.0 Å². The number of nitrogens with zero attached hydrogens (tertiary/aromatic N) is 1. The Morgan fingerprint density at radius 1 is 1.75 bits per heavy atom. The van der Waals surface area contributed by atoms with Gasteiger partial charge in [0, 0.05) is 13.6 Å². The minimum Gasteiger partial charge on any atom is -0.465 e. The van der Waals surface area contributed by atoms with Crippen molar-refractivity contribution < 1.29 is 14.3 Å². The average Bonchev–Trinajstić information content (AvgIpc) is 2.34. The highest BCUT2D eigenvalue weighted by Gasteiger charge is 2.35.